The molecule has 0 aromatic heterocycles. The van der Waals surface area contributed by atoms with Crippen LogP contribution in [0.2, 0.25) is 0 Å². The Hall–Kier alpha value is -0.530. The third-order valence-corrected chi connectivity index (χ3v) is 8.16. The first kappa shape index (κ1) is 21.2. The lowest BCUT2D eigenvalue weighted by molar-refractivity contribution is -0.172. The van der Waals surface area contributed by atoms with Gasteiger partial charge in [0.05, 0.1) is 5.92 Å². The molecule has 3 rings (SSSR count). The van der Waals surface area contributed by atoms with E-state index in [-0.39, 0.29) is 17.5 Å². The molecule has 0 heterocycles. The van der Waals surface area contributed by atoms with Gasteiger partial charge in [0, 0.05) is 0 Å². The van der Waals surface area contributed by atoms with Gasteiger partial charge < -0.3 is 4.74 Å². The van der Waals surface area contributed by atoms with Crippen molar-refractivity contribution in [2.24, 2.45) is 23.7 Å². The highest BCUT2D eigenvalue weighted by molar-refractivity contribution is 5.73. The van der Waals surface area contributed by atoms with Crippen molar-refractivity contribution in [3.05, 3.63) is 0 Å². The Bertz CT molecular complexity index is 435. The molecule has 3 aliphatic rings. The van der Waals surface area contributed by atoms with E-state index in [1.54, 1.807) is 0 Å². The highest BCUT2D eigenvalue weighted by atomic mass is 16.6. The first-order valence-electron chi connectivity index (χ1n) is 12.4. The summed E-state index contributed by atoms with van der Waals surface area (Å²) >= 11 is 0. The van der Waals surface area contributed by atoms with Crippen LogP contribution in [0.5, 0.6) is 0 Å². The summed E-state index contributed by atoms with van der Waals surface area (Å²) in [6.07, 6.45) is 21.5. The molecule has 3 aliphatic carbocycles. The predicted octanol–water partition coefficient (Wildman–Crippen LogP) is 7.45. The van der Waals surface area contributed by atoms with Gasteiger partial charge in [-0.25, -0.2) is 0 Å². The molecule has 2 nitrogen and oxygen atoms in total. The molecule has 3 fully saturated rings. The first-order valence-corrected chi connectivity index (χ1v) is 12.4. The minimum absolute atomic E-state index is 0.126. The van der Waals surface area contributed by atoms with E-state index < -0.39 is 0 Å². The molecule has 0 N–H and O–H groups in total. The van der Waals surface area contributed by atoms with Gasteiger partial charge in [0.2, 0.25) is 0 Å². The molecule has 0 radical (unpaired) electrons. The maximum absolute atomic E-state index is 12.8. The second-order valence-corrected chi connectivity index (χ2v) is 10.1. The molecule has 0 saturated heterocycles. The Morgan fingerprint density at radius 1 is 0.815 bits per heavy atom. The van der Waals surface area contributed by atoms with E-state index in [1.165, 1.54) is 70.6 Å². The lowest BCUT2D eigenvalue weighted by atomic mass is 9.67. The lowest BCUT2D eigenvalue weighted by Gasteiger charge is -2.44. The van der Waals surface area contributed by atoms with Gasteiger partial charge in [-0.05, 0) is 75.5 Å². The quantitative estimate of drug-likeness (QED) is 0.431. The molecule has 3 saturated carbocycles. The van der Waals surface area contributed by atoms with Crippen molar-refractivity contribution in [3.63, 3.8) is 0 Å². The van der Waals surface area contributed by atoms with Crippen LogP contribution in [0.3, 0.4) is 0 Å². The van der Waals surface area contributed by atoms with Crippen molar-refractivity contribution in [2.45, 2.75) is 129 Å². The van der Waals surface area contributed by atoms with E-state index >= 15 is 0 Å². The Morgan fingerprint density at radius 3 is 2.04 bits per heavy atom. The highest BCUT2D eigenvalue weighted by Gasteiger charge is 2.41. The molecule has 0 spiro atoms. The summed E-state index contributed by atoms with van der Waals surface area (Å²) in [5.41, 5.74) is -0.126. The van der Waals surface area contributed by atoms with Crippen molar-refractivity contribution in [1.29, 1.82) is 0 Å². The number of hydrogen-bond donors (Lipinski definition) is 0. The van der Waals surface area contributed by atoms with Crippen LogP contribution in [0, 0.1) is 23.7 Å². The molecule has 27 heavy (non-hydrogen) atoms. The van der Waals surface area contributed by atoms with Gasteiger partial charge in [-0.15, -0.1) is 0 Å². The number of ether oxygens (including phenoxy) is 1. The molecule has 156 valence electrons. The number of rotatable bonds is 7. The summed E-state index contributed by atoms with van der Waals surface area (Å²) < 4.78 is 6.30. The van der Waals surface area contributed by atoms with Crippen LogP contribution >= 0.6 is 0 Å². The van der Waals surface area contributed by atoms with E-state index in [0.29, 0.717) is 0 Å². The number of carbonyl (C=O) groups excluding carboxylic acids is 1. The molecule has 0 bridgehead atoms. The fourth-order valence-electron chi connectivity index (χ4n) is 6.49. The molecule has 0 unspecified atom stereocenters. The summed E-state index contributed by atoms with van der Waals surface area (Å²) in [5.74, 6) is 3.18. The van der Waals surface area contributed by atoms with Crippen LogP contribution in [0.25, 0.3) is 0 Å². The molecule has 2 heteroatoms. The average Bonchev–Trinajstić information content (AvgIpc) is 2.70. The van der Waals surface area contributed by atoms with Crippen molar-refractivity contribution in [2.75, 3.05) is 0 Å². The van der Waals surface area contributed by atoms with Crippen LogP contribution in [-0.2, 0) is 9.53 Å². The van der Waals surface area contributed by atoms with Crippen molar-refractivity contribution in [1.82, 2.24) is 0 Å². The van der Waals surface area contributed by atoms with Crippen LogP contribution < -0.4 is 0 Å². The molecular weight excluding hydrogens is 332 g/mol. The van der Waals surface area contributed by atoms with E-state index in [1.807, 2.05) is 0 Å². The largest absolute Gasteiger partial charge is 0.459 e. The van der Waals surface area contributed by atoms with Gasteiger partial charge in [-0.3, -0.25) is 4.79 Å². The van der Waals surface area contributed by atoms with Crippen molar-refractivity contribution >= 4 is 5.97 Å². The topological polar surface area (TPSA) is 26.3 Å². The molecule has 0 amide bonds. The van der Waals surface area contributed by atoms with Crippen molar-refractivity contribution < 1.29 is 9.53 Å². The number of esters is 1. The van der Waals surface area contributed by atoms with Crippen LogP contribution in [0.4, 0.5) is 0 Å². The van der Waals surface area contributed by atoms with Gasteiger partial charge in [0.1, 0.15) is 5.60 Å². The second-order valence-electron chi connectivity index (χ2n) is 10.1. The molecule has 0 atom stereocenters. The molecule has 0 aromatic carbocycles. The normalized spacial score (nSPS) is 35.7. The van der Waals surface area contributed by atoms with Crippen molar-refractivity contribution in [3.8, 4) is 0 Å². The zero-order valence-corrected chi connectivity index (χ0v) is 18.1. The number of hydrogen-bond acceptors (Lipinski definition) is 2. The maximum Gasteiger partial charge on any atom is 0.309 e. The van der Waals surface area contributed by atoms with Gasteiger partial charge in [-0.1, -0.05) is 65.2 Å². The summed E-state index contributed by atoms with van der Waals surface area (Å²) in [5, 5.41) is 0. The third-order valence-electron chi connectivity index (χ3n) is 8.16. The Kier molecular flexibility index (Phi) is 8.09. The Labute approximate surface area is 168 Å². The molecule has 0 aliphatic heterocycles. The third kappa shape index (κ3) is 5.73. The van der Waals surface area contributed by atoms with E-state index in [9.17, 15) is 4.79 Å². The zero-order chi connectivity index (χ0) is 19.1. The monoisotopic (exact) mass is 376 g/mol. The minimum Gasteiger partial charge on any atom is -0.459 e. The van der Waals surface area contributed by atoms with E-state index in [0.717, 1.165) is 56.3 Å². The van der Waals surface area contributed by atoms with E-state index in [4.69, 9.17) is 4.74 Å². The summed E-state index contributed by atoms with van der Waals surface area (Å²) in [6, 6.07) is 0. The SMILES string of the molecule is CCCC1CCC(C2CCC(CCC)(OC(=O)C3CCCCC3)CC2)CC1. The average molecular weight is 377 g/mol. The van der Waals surface area contributed by atoms with Gasteiger partial charge >= 0.3 is 5.97 Å². The highest BCUT2D eigenvalue weighted by Crippen LogP contribution is 2.46. The molecular formula is C25H44O2. The van der Waals surface area contributed by atoms with E-state index in [2.05, 4.69) is 13.8 Å². The molecule has 0 aromatic rings. The van der Waals surface area contributed by atoms with Gasteiger partial charge in [0.25, 0.3) is 0 Å². The summed E-state index contributed by atoms with van der Waals surface area (Å²) in [4.78, 5) is 12.8. The first-order chi connectivity index (χ1) is 13.2. The fraction of sp³-hybridized carbons (Fsp3) is 0.960. The summed E-state index contributed by atoms with van der Waals surface area (Å²) in [6.45, 7) is 4.58. The Balaban J connectivity index is 1.50. The standard InChI is InChI=1S/C25H44O2/c1-3-8-20-11-13-21(14-12-20)22-15-18-25(17-4-2,19-16-22)27-24(26)23-9-6-5-7-10-23/h20-23H,3-19H2,1-2H3. The smallest absolute Gasteiger partial charge is 0.309 e. The lowest BCUT2D eigenvalue weighted by Crippen LogP contribution is -2.42. The second kappa shape index (κ2) is 10.3. The predicted molar refractivity (Wildman–Crippen MR) is 113 cm³/mol. The van der Waals surface area contributed by atoms with Crippen LogP contribution in [0.15, 0.2) is 0 Å². The summed E-state index contributed by atoms with van der Waals surface area (Å²) in [7, 11) is 0. The van der Waals surface area contributed by atoms with Crippen LogP contribution in [0.1, 0.15) is 123 Å². The maximum atomic E-state index is 12.8. The number of carbonyl (C=O) groups is 1. The fourth-order valence-corrected chi connectivity index (χ4v) is 6.49. The Morgan fingerprint density at radius 2 is 1.44 bits per heavy atom. The van der Waals surface area contributed by atoms with Crippen LogP contribution in [-0.4, -0.2) is 11.6 Å². The van der Waals surface area contributed by atoms with Gasteiger partial charge in [-0.2, -0.15) is 0 Å². The van der Waals surface area contributed by atoms with Gasteiger partial charge in [0.15, 0.2) is 0 Å². The zero-order valence-electron chi connectivity index (χ0n) is 18.1. The minimum atomic E-state index is -0.126.